The minimum absolute atomic E-state index is 0.0389. The van der Waals surface area contributed by atoms with Gasteiger partial charge in [-0.3, -0.25) is 0 Å². The van der Waals surface area contributed by atoms with Crippen LogP contribution in [-0.2, 0) is 9.47 Å². The van der Waals surface area contributed by atoms with Gasteiger partial charge in [-0.2, -0.15) is 0 Å². The Morgan fingerprint density at radius 3 is 2.89 bits per heavy atom. The molecular formula is C13H15F2NO3. The molecule has 0 aliphatic carbocycles. The third-order valence-electron chi connectivity index (χ3n) is 3.09. The molecule has 1 N–H and O–H groups in total. The van der Waals surface area contributed by atoms with Crippen LogP contribution in [0, 0.1) is 17.6 Å². The predicted octanol–water partition coefficient (Wildman–Crippen LogP) is 2.20. The highest BCUT2D eigenvalue weighted by atomic mass is 19.2. The molecular weight excluding hydrogens is 256 g/mol. The Morgan fingerprint density at radius 1 is 1.47 bits per heavy atom. The molecule has 0 aromatic heterocycles. The monoisotopic (exact) mass is 271 g/mol. The fourth-order valence-electron chi connectivity index (χ4n) is 1.95. The van der Waals surface area contributed by atoms with Crippen LogP contribution in [0.3, 0.4) is 0 Å². The van der Waals surface area contributed by atoms with Gasteiger partial charge in [0.1, 0.15) is 0 Å². The molecule has 1 heterocycles. The van der Waals surface area contributed by atoms with Crippen LogP contribution in [0.4, 0.5) is 14.5 Å². The van der Waals surface area contributed by atoms with Crippen molar-refractivity contribution in [2.45, 2.75) is 6.42 Å². The Balaban J connectivity index is 2.09. The van der Waals surface area contributed by atoms with Crippen molar-refractivity contribution in [1.29, 1.82) is 0 Å². The van der Waals surface area contributed by atoms with Crippen molar-refractivity contribution in [1.82, 2.24) is 0 Å². The highest BCUT2D eigenvalue weighted by Crippen LogP contribution is 2.22. The molecule has 1 aliphatic heterocycles. The molecule has 0 amide bonds. The summed E-state index contributed by atoms with van der Waals surface area (Å²) in [6, 6.07) is 2.54. The highest BCUT2D eigenvalue weighted by molar-refractivity contribution is 5.90. The summed E-state index contributed by atoms with van der Waals surface area (Å²) in [5.74, 6) is -2.86. The number of nitrogens with one attached hydrogen (secondary N) is 1. The van der Waals surface area contributed by atoms with E-state index in [0.29, 0.717) is 25.7 Å². The van der Waals surface area contributed by atoms with E-state index < -0.39 is 23.2 Å². The van der Waals surface area contributed by atoms with E-state index in [1.807, 2.05) is 0 Å². The van der Waals surface area contributed by atoms with Gasteiger partial charge in [0, 0.05) is 19.1 Å². The van der Waals surface area contributed by atoms with Crippen LogP contribution in [0.15, 0.2) is 12.1 Å². The lowest BCUT2D eigenvalue weighted by atomic mass is 10.1. The lowest BCUT2D eigenvalue weighted by Crippen LogP contribution is -2.16. The molecule has 1 atom stereocenters. The highest BCUT2D eigenvalue weighted by Gasteiger charge is 2.20. The van der Waals surface area contributed by atoms with E-state index >= 15 is 0 Å². The zero-order valence-electron chi connectivity index (χ0n) is 10.5. The average molecular weight is 271 g/mol. The molecule has 4 nitrogen and oxygen atoms in total. The maximum absolute atomic E-state index is 13.8. The number of benzene rings is 1. The summed E-state index contributed by atoms with van der Waals surface area (Å²) in [6.07, 6.45) is 0.900. The maximum Gasteiger partial charge on any atom is 0.340 e. The van der Waals surface area contributed by atoms with Crippen molar-refractivity contribution in [2.24, 2.45) is 5.92 Å². The van der Waals surface area contributed by atoms with Gasteiger partial charge >= 0.3 is 5.97 Å². The van der Waals surface area contributed by atoms with Crippen LogP contribution >= 0.6 is 0 Å². The van der Waals surface area contributed by atoms with Crippen LogP contribution in [0.5, 0.6) is 0 Å². The fraction of sp³-hybridized carbons (Fsp3) is 0.462. The minimum Gasteiger partial charge on any atom is -0.465 e. The zero-order valence-corrected chi connectivity index (χ0v) is 10.5. The van der Waals surface area contributed by atoms with E-state index in [0.717, 1.165) is 13.5 Å². The number of anilines is 1. The number of methoxy groups -OCH3 is 1. The first-order valence-electron chi connectivity index (χ1n) is 6.01. The Labute approximate surface area is 109 Å². The predicted molar refractivity (Wildman–Crippen MR) is 65.1 cm³/mol. The normalized spacial score (nSPS) is 18.4. The summed E-state index contributed by atoms with van der Waals surface area (Å²) >= 11 is 0. The molecule has 0 saturated carbocycles. The summed E-state index contributed by atoms with van der Waals surface area (Å²) < 4.78 is 37.0. The first-order valence-corrected chi connectivity index (χ1v) is 6.01. The number of hydrogen-bond acceptors (Lipinski definition) is 4. The number of carbonyl (C=O) groups excluding carboxylic acids is 1. The maximum atomic E-state index is 13.8. The second-order valence-corrected chi connectivity index (χ2v) is 4.39. The van der Waals surface area contributed by atoms with Gasteiger partial charge < -0.3 is 14.8 Å². The van der Waals surface area contributed by atoms with Crippen LogP contribution in [0.1, 0.15) is 16.8 Å². The third-order valence-corrected chi connectivity index (χ3v) is 3.09. The van der Waals surface area contributed by atoms with Gasteiger partial charge in [-0.1, -0.05) is 0 Å². The molecule has 1 unspecified atom stereocenters. The number of hydrogen-bond donors (Lipinski definition) is 1. The summed E-state index contributed by atoms with van der Waals surface area (Å²) in [6.45, 7) is 1.83. The van der Waals surface area contributed by atoms with Crippen molar-refractivity contribution in [3.8, 4) is 0 Å². The lowest BCUT2D eigenvalue weighted by Gasteiger charge is -2.12. The Kier molecular flexibility index (Phi) is 4.31. The fourth-order valence-corrected chi connectivity index (χ4v) is 1.95. The molecule has 0 bridgehead atoms. The van der Waals surface area contributed by atoms with Gasteiger partial charge in [-0.05, 0) is 18.6 Å². The van der Waals surface area contributed by atoms with Crippen molar-refractivity contribution < 1.29 is 23.0 Å². The molecule has 6 heteroatoms. The van der Waals surface area contributed by atoms with Gasteiger partial charge in [-0.25, -0.2) is 13.6 Å². The Morgan fingerprint density at radius 2 is 2.26 bits per heavy atom. The van der Waals surface area contributed by atoms with Crippen molar-refractivity contribution >= 4 is 11.7 Å². The molecule has 1 aliphatic rings. The van der Waals surface area contributed by atoms with Crippen LogP contribution in [0.25, 0.3) is 0 Å². The van der Waals surface area contributed by atoms with Gasteiger partial charge in [0.2, 0.25) is 0 Å². The van der Waals surface area contributed by atoms with Crippen molar-refractivity contribution in [3.63, 3.8) is 0 Å². The summed E-state index contributed by atoms with van der Waals surface area (Å²) in [5.41, 5.74) is -0.369. The van der Waals surface area contributed by atoms with E-state index in [9.17, 15) is 13.6 Å². The van der Waals surface area contributed by atoms with Crippen molar-refractivity contribution in [3.05, 3.63) is 29.3 Å². The summed E-state index contributed by atoms with van der Waals surface area (Å²) in [4.78, 5) is 11.2. The molecule has 0 spiro atoms. The molecule has 104 valence electrons. The number of ether oxygens (including phenoxy) is 2. The zero-order chi connectivity index (χ0) is 13.8. The van der Waals surface area contributed by atoms with Gasteiger partial charge in [0.15, 0.2) is 11.6 Å². The van der Waals surface area contributed by atoms with Crippen LogP contribution < -0.4 is 5.32 Å². The number of esters is 1. The van der Waals surface area contributed by atoms with Gasteiger partial charge in [-0.15, -0.1) is 0 Å². The van der Waals surface area contributed by atoms with E-state index in [1.165, 1.54) is 12.1 Å². The van der Waals surface area contributed by atoms with Crippen LogP contribution in [0.2, 0.25) is 0 Å². The topological polar surface area (TPSA) is 47.6 Å². The Bertz CT molecular complexity index is 473. The molecule has 19 heavy (non-hydrogen) atoms. The number of halogens is 2. The molecule has 1 fully saturated rings. The first-order chi connectivity index (χ1) is 9.13. The molecule has 1 aromatic rings. The lowest BCUT2D eigenvalue weighted by molar-refractivity contribution is 0.0594. The number of carbonyl (C=O) groups is 1. The van der Waals surface area contributed by atoms with Crippen molar-refractivity contribution in [2.75, 3.05) is 32.2 Å². The SMILES string of the molecule is COC(=O)c1ccc(NCC2CCOC2)c(F)c1F. The molecule has 0 radical (unpaired) electrons. The van der Waals surface area contributed by atoms with Gasteiger partial charge in [0.05, 0.1) is 25.0 Å². The van der Waals surface area contributed by atoms with E-state index in [4.69, 9.17) is 4.74 Å². The van der Waals surface area contributed by atoms with Crippen LogP contribution in [-0.4, -0.2) is 32.8 Å². The summed E-state index contributed by atoms with van der Waals surface area (Å²) in [5, 5.41) is 2.83. The molecule has 1 aromatic carbocycles. The average Bonchev–Trinajstić information content (AvgIpc) is 2.93. The molecule has 2 rings (SSSR count). The van der Waals surface area contributed by atoms with E-state index in [2.05, 4.69) is 10.1 Å². The second-order valence-electron chi connectivity index (χ2n) is 4.39. The Hall–Kier alpha value is -1.69. The quantitative estimate of drug-likeness (QED) is 0.853. The summed E-state index contributed by atoms with van der Waals surface area (Å²) in [7, 11) is 1.12. The largest absolute Gasteiger partial charge is 0.465 e. The third kappa shape index (κ3) is 3.01. The van der Waals surface area contributed by atoms with Gasteiger partial charge in [0.25, 0.3) is 0 Å². The minimum atomic E-state index is -1.19. The first kappa shape index (κ1) is 13.7. The van der Waals surface area contributed by atoms with E-state index in [-0.39, 0.29) is 5.69 Å². The number of rotatable bonds is 4. The smallest absolute Gasteiger partial charge is 0.340 e. The standard InChI is InChI=1S/C13H15F2NO3/c1-18-13(17)9-2-3-10(12(15)11(9)14)16-6-8-4-5-19-7-8/h2-3,8,16H,4-7H2,1H3. The molecule has 1 saturated heterocycles. The second kappa shape index (κ2) is 5.97. The van der Waals surface area contributed by atoms with E-state index in [1.54, 1.807) is 0 Å².